The molecule has 2 aliphatic rings. The van der Waals surface area contributed by atoms with Crippen LogP contribution in [0.4, 0.5) is 13.2 Å². The van der Waals surface area contributed by atoms with E-state index in [0.29, 0.717) is 52.0 Å². The van der Waals surface area contributed by atoms with Crippen LogP contribution in [0, 0.1) is 5.92 Å². The summed E-state index contributed by atoms with van der Waals surface area (Å²) in [6.07, 6.45) is -0.414. The summed E-state index contributed by atoms with van der Waals surface area (Å²) in [5.74, 6) is -0.455. The number of rotatable bonds is 3. The molecule has 0 spiro atoms. The highest BCUT2D eigenvalue weighted by atomic mass is 32.2. The van der Waals surface area contributed by atoms with E-state index in [1.54, 1.807) is 0 Å². The molecule has 1 saturated carbocycles. The number of amides is 1. The molecule has 3 rings (SSSR count). The Labute approximate surface area is 175 Å². The molecule has 0 bridgehead atoms. The normalized spacial score (nSPS) is 25.4. The molecule has 0 radical (unpaired) electrons. The van der Waals surface area contributed by atoms with E-state index >= 15 is 0 Å². The largest absolute Gasteiger partial charge is 0.416 e. The summed E-state index contributed by atoms with van der Waals surface area (Å²) in [6, 6.07) is 4.74. The fraction of sp³-hybridized carbons (Fsp3) is 0.650. The Morgan fingerprint density at radius 1 is 1.07 bits per heavy atom. The number of nitrogens with one attached hydrogen (secondary N) is 1. The zero-order valence-electron chi connectivity index (χ0n) is 17.0. The minimum absolute atomic E-state index is 0.123. The Morgan fingerprint density at radius 3 is 2.40 bits per heavy atom. The predicted molar refractivity (Wildman–Crippen MR) is 107 cm³/mol. The molecule has 2 fully saturated rings. The fourth-order valence-electron chi connectivity index (χ4n) is 4.41. The number of hydrogen-bond acceptors (Lipinski definition) is 4. The van der Waals surface area contributed by atoms with Crippen LogP contribution >= 0.6 is 0 Å². The van der Waals surface area contributed by atoms with Gasteiger partial charge >= 0.3 is 6.18 Å². The van der Waals surface area contributed by atoms with Gasteiger partial charge in [-0.15, -0.1) is 0 Å². The summed E-state index contributed by atoms with van der Waals surface area (Å²) in [5, 5.41) is 2.92. The molecule has 1 aromatic rings. The predicted octanol–water partition coefficient (Wildman–Crippen LogP) is 2.46. The lowest BCUT2D eigenvalue weighted by Crippen LogP contribution is -2.47. The van der Waals surface area contributed by atoms with Crippen LogP contribution in [0.2, 0.25) is 0 Å². The van der Waals surface area contributed by atoms with E-state index in [9.17, 15) is 26.4 Å². The Balaban J connectivity index is 1.71. The molecule has 1 heterocycles. The molecule has 6 nitrogen and oxygen atoms in total. The van der Waals surface area contributed by atoms with Gasteiger partial charge in [-0.2, -0.15) is 17.5 Å². The first-order valence-corrected chi connectivity index (χ1v) is 12.0. The summed E-state index contributed by atoms with van der Waals surface area (Å²) in [5.41, 5.74) is 0.0485. The van der Waals surface area contributed by atoms with Gasteiger partial charge < -0.3 is 5.32 Å². The summed E-state index contributed by atoms with van der Waals surface area (Å²) in [4.78, 5) is 14.7. The first-order chi connectivity index (χ1) is 14.1. The van der Waals surface area contributed by atoms with Gasteiger partial charge in [-0.1, -0.05) is 18.6 Å². The fourth-order valence-corrected chi connectivity index (χ4v) is 5.62. The van der Waals surface area contributed by atoms with Crippen LogP contribution in [0.15, 0.2) is 24.3 Å². The van der Waals surface area contributed by atoms with Crippen LogP contribution in [-0.2, 0) is 27.5 Å². The molecule has 30 heavy (non-hydrogen) atoms. The van der Waals surface area contributed by atoms with Gasteiger partial charge in [-0.25, -0.2) is 8.42 Å². The Morgan fingerprint density at radius 2 is 1.77 bits per heavy atom. The summed E-state index contributed by atoms with van der Waals surface area (Å²) in [7, 11) is -3.45. The number of benzene rings is 1. The third kappa shape index (κ3) is 5.73. The van der Waals surface area contributed by atoms with Gasteiger partial charge in [0.2, 0.25) is 15.9 Å². The second-order valence-electron chi connectivity index (χ2n) is 8.09. The van der Waals surface area contributed by atoms with Crippen molar-refractivity contribution in [3.05, 3.63) is 35.4 Å². The highest BCUT2D eigenvalue weighted by molar-refractivity contribution is 7.88. The molecule has 1 aromatic carbocycles. The first-order valence-electron chi connectivity index (χ1n) is 10.2. The van der Waals surface area contributed by atoms with Crippen molar-refractivity contribution in [2.45, 2.75) is 44.4 Å². The van der Waals surface area contributed by atoms with Gasteiger partial charge in [0.1, 0.15) is 0 Å². The quantitative estimate of drug-likeness (QED) is 0.773. The molecule has 2 atom stereocenters. The Hall–Kier alpha value is -1.65. The van der Waals surface area contributed by atoms with Crippen molar-refractivity contribution in [1.82, 2.24) is 14.5 Å². The number of carbonyl (C=O) groups is 1. The van der Waals surface area contributed by atoms with E-state index in [0.717, 1.165) is 24.1 Å². The molecule has 1 saturated heterocycles. The summed E-state index contributed by atoms with van der Waals surface area (Å²) < 4.78 is 64.5. The van der Waals surface area contributed by atoms with Gasteiger partial charge in [-0.3, -0.25) is 9.69 Å². The molecule has 1 aliphatic carbocycles. The Kier molecular flexibility index (Phi) is 7.09. The zero-order chi connectivity index (χ0) is 21.9. The average molecular weight is 448 g/mol. The second-order valence-corrected chi connectivity index (χ2v) is 10.0. The SMILES string of the molecule is CS(=O)(=O)N1CCCN(Cc2ccc(C(F)(F)F)cc2)CCNC(=O)[C@@H]2CCC[C@@H]21. The van der Waals surface area contributed by atoms with E-state index in [4.69, 9.17) is 0 Å². The molecular formula is C20H28F3N3O3S. The molecule has 1 N–H and O–H groups in total. The molecule has 1 aliphatic heterocycles. The molecule has 1 amide bonds. The number of alkyl halides is 3. The van der Waals surface area contributed by atoms with Crippen LogP contribution in [0.25, 0.3) is 0 Å². The third-order valence-electron chi connectivity index (χ3n) is 5.88. The van der Waals surface area contributed by atoms with Crippen LogP contribution < -0.4 is 5.32 Å². The minimum Gasteiger partial charge on any atom is -0.355 e. The highest BCUT2D eigenvalue weighted by Gasteiger charge is 2.40. The third-order valence-corrected chi connectivity index (χ3v) is 7.19. The lowest BCUT2D eigenvalue weighted by atomic mass is 10.0. The number of fused-ring (bicyclic) bond motifs is 1. The second kappa shape index (κ2) is 9.23. The monoisotopic (exact) mass is 447 g/mol. The van der Waals surface area contributed by atoms with Gasteiger partial charge in [0.15, 0.2) is 0 Å². The van der Waals surface area contributed by atoms with Crippen molar-refractivity contribution in [1.29, 1.82) is 0 Å². The molecule has 0 aromatic heterocycles. The summed E-state index contributed by atoms with van der Waals surface area (Å²) >= 11 is 0. The highest BCUT2D eigenvalue weighted by Crippen LogP contribution is 2.32. The van der Waals surface area contributed by atoms with Crippen molar-refractivity contribution in [2.24, 2.45) is 5.92 Å². The molecule has 10 heteroatoms. The standard InChI is InChI=1S/C20H28F3N3O3S/c1-30(28,29)26-12-3-11-25(13-10-24-19(27)17-4-2-5-18(17)26)14-15-6-8-16(9-7-15)20(21,22)23/h6-9,17-18H,2-5,10-14H2,1H3,(H,24,27)/t17-,18+/m1/s1. The van der Waals surface area contributed by atoms with E-state index in [1.165, 1.54) is 22.7 Å². The number of nitrogens with zero attached hydrogens (tertiary/aromatic N) is 2. The number of hydrogen-bond donors (Lipinski definition) is 1. The minimum atomic E-state index is -4.37. The van der Waals surface area contributed by atoms with Crippen molar-refractivity contribution >= 4 is 15.9 Å². The van der Waals surface area contributed by atoms with Crippen LogP contribution in [0.3, 0.4) is 0 Å². The van der Waals surface area contributed by atoms with E-state index in [2.05, 4.69) is 5.32 Å². The maximum atomic E-state index is 12.8. The Bertz CT molecular complexity index is 843. The lowest BCUT2D eigenvalue weighted by Gasteiger charge is -2.30. The van der Waals surface area contributed by atoms with Crippen LogP contribution in [0.5, 0.6) is 0 Å². The topological polar surface area (TPSA) is 69.7 Å². The van der Waals surface area contributed by atoms with Gasteiger partial charge in [0.25, 0.3) is 0 Å². The smallest absolute Gasteiger partial charge is 0.355 e. The maximum Gasteiger partial charge on any atom is 0.416 e. The van der Waals surface area contributed by atoms with Crippen molar-refractivity contribution in [3.63, 3.8) is 0 Å². The first kappa shape index (κ1) is 23.0. The van der Waals surface area contributed by atoms with E-state index in [-0.39, 0.29) is 17.9 Å². The van der Waals surface area contributed by atoms with Crippen molar-refractivity contribution in [3.8, 4) is 0 Å². The van der Waals surface area contributed by atoms with Crippen molar-refractivity contribution in [2.75, 3.05) is 32.4 Å². The molecular weight excluding hydrogens is 419 g/mol. The maximum absolute atomic E-state index is 12.8. The lowest BCUT2D eigenvalue weighted by molar-refractivity contribution is -0.137. The molecule has 168 valence electrons. The van der Waals surface area contributed by atoms with E-state index < -0.39 is 21.8 Å². The average Bonchev–Trinajstić information content (AvgIpc) is 3.11. The van der Waals surface area contributed by atoms with Gasteiger partial charge in [-0.05, 0) is 43.5 Å². The number of carbonyl (C=O) groups excluding carboxylic acids is 1. The summed E-state index contributed by atoms with van der Waals surface area (Å²) in [6.45, 7) is 2.31. The number of sulfonamides is 1. The number of halogens is 3. The van der Waals surface area contributed by atoms with Crippen LogP contribution in [-0.4, -0.2) is 62.0 Å². The van der Waals surface area contributed by atoms with Gasteiger partial charge in [0.05, 0.1) is 17.7 Å². The molecule has 0 unspecified atom stereocenters. The van der Waals surface area contributed by atoms with Gasteiger partial charge in [0, 0.05) is 32.2 Å². The van der Waals surface area contributed by atoms with E-state index in [1.807, 2.05) is 4.90 Å². The van der Waals surface area contributed by atoms with Crippen LogP contribution in [0.1, 0.15) is 36.8 Å². The van der Waals surface area contributed by atoms with Crippen molar-refractivity contribution < 1.29 is 26.4 Å². The zero-order valence-corrected chi connectivity index (χ0v) is 17.8.